The molecule has 2 rings (SSSR count). The molecule has 10 heteroatoms. The minimum absolute atomic E-state index is 0.0879. The summed E-state index contributed by atoms with van der Waals surface area (Å²) in [4.78, 5) is 28.1. The van der Waals surface area contributed by atoms with Crippen molar-refractivity contribution in [3.63, 3.8) is 0 Å². The number of nitrogens with one attached hydrogen (secondary N) is 1. The Balaban J connectivity index is 2.19. The minimum Gasteiger partial charge on any atom is -0.494 e. The molecule has 0 spiro atoms. The third-order valence-electron chi connectivity index (χ3n) is 5.92. The summed E-state index contributed by atoms with van der Waals surface area (Å²) in [6.07, 6.45) is 1.97. The van der Waals surface area contributed by atoms with E-state index in [4.69, 9.17) is 16.3 Å². The predicted octanol–water partition coefficient (Wildman–Crippen LogP) is 4.86. The van der Waals surface area contributed by atoms with Crippen molar-refractivity contribution in [3.8, 4) is 5.75 Å². The number of carbonyl (C=O) groups excluding carboxylic acids is 2. The number of carbonyl (C=O) groups is 2. The van der Waals surface area contributed by atoms with E-state index in [0.717, 1.165) is 11.8 Å². The van der Waals surface area contributed by atoms with Crippen LogP contribution in [0.5, 0.6) is 5.75 Å². The molecule has 0 heterocycles. The number of halogens is 1. The predicted molar refractivity (Wildman–Crippen MR) is 153 cm³/mol. The largest absolute Gasteiger partial charge is 0.494 e. The van der Waals surface area contributed by atoms with Crippen molar-refractivity contribution in [2.75, 3.05) is 30.3 Å². The van der Waals surface area contributed by atoms with Crippen LogP contribution in [0.2, 0.25) is 5.02 Å². The van der Waals surface area contributed by atoms with Crippen LogP contribution in [0.15, 0.2) is 48.5 Å². The first-order valence-electron chi connectivity index (χ1n) is 13.0. The van der Waals surface area contributed by atoms with Crippen molar-refractivity contribution in [2.45, 2.75) is 59.5 Å². The average molecular weight is 566 g/mol. The van der Waals surface area contributed by atoms with Crippen LogP contribution < -0.4 is 14.4 Å². The topological polar surface area (TPSA) is 96.0 Å². The number of nitrogens with zero attached hydrogens (tertiary/aromatic N) is 2. The second-order valence-electron chi connectivity index (χ2n) is 9.58. The lowest BCUT2D eigenvalue weighted by Crippen LogP contribution is -2.49. The molecule has 1 unspecified atom stereocenters. The molecule has 0 fully saturated rings. The van der Waals surface area contributed by atoms with E-state index in [9.17, 15) is 18.0 Å². The number of ether oxygens (including phenoxy) is 1. The molecule has 0 saturated carbocycles. The van der Waals surface area contributed by atoms with Gasteiger partial charge < -0.3 is 15.0 Å². The normalized spacial score (nSPS) is 12.2. The van der Waals surface area contributed by atoms with Crippen LogP contribution in [0.3, 0.4) is 0 Å². The lowest BCUT2D eigenvalue weighted by Gasteiger charge is -2.31. The first-order valence-corrected chi connectivity index (χ1v) is 15.2. The molecular formula is C28H40ClN3O5S. The van der Waals surface area contributed by atoms with Crippen LogP contribution in [0.4, 0.5) is 5.69 Å². The maximum atomic E-state index is 13.5. The van der Waals surface area contributed by atoms with E-state index in [2.05, 4.69) is 5.32 Å². The van der Waals surface area contributed by atoms with Crippen LogP contribution in [-0.4, -0.2) is 57.1 Å². The molecule has 2 amide bonds. The van der Waals surface area contributed by atoms with E-state index in [-0.39, 0.29) is 37.2 Å². The van der Waals surface area contributed by atoms with E-state index < -0.39 is 16.1 Å². The molecule has 2 aromatic rings. The van der Waals surface area contributed by atoms with Crippen molar-refractivity contribution >= 4 is 39.1 Å². The van der Waals surface area contributed by atoms with Gasteiger partial charge in [-0.15, -0.1) is 0 Å². The number of rotatable bonds is 15. The average Bonchev–Trinajstić information content (AvgIpc) is 2.86. The van der Waals surface area contributed by atoms with Crippen LogP contribution in [-0.2, 0) is 26.2 Å². The molecule has 1 atom stereocenters. The Bertz CT molecular complexity index is 1140. The Morgan fingerprint density at radius 1 is 1.03 bits per heavy atom. The Kier molecular flexibility index (Phi) is 12.4. The summed E-state index contributed by atoms with van der Waals surface area (Å²) in [6, 6.07) is 13.3. The molecule has 0 aromatic heterocycles. The Labute approximate surface area is 232 Å². The third kappa shape index (κ3) is 9.83. The molecule has 0 aliphatic rings. The fraction of sp³-hybridized carbons (Fsp3) is 0.500. The van der Waals surface area contributed by atoms with Gasteiger partial charge in [0.25, 0.3) is 0 Å². The van der Waals surface area contributed by atoms with Gasteiger partial charge in [0, 0.05) is 31.1 Å². The summed E-state index contributed by atoms with van der Waals surface area (Å²) in [5.41, 5.74) is 1.35. The van der Waals surface area contributed by atoms with Gasteiger partial charge in [0.05, 0.1) is 18.6 Å². The van der Waals surface area contributed by atoms with E-state index in [1.165, 1.54) is 4.31 Å². The minimum atomic E-state index is -3.57. The van der Waals surface area contributed by atoms with Gasteiger partial charge in [-0.1, -0.05) is 44.5 Å². The van der Waals surface area contributed by atoms with Gasteiger partial charge in [0.15, 0.2) is 0 Å². The summed E-state index contributed by atoms with van der Waals surface area (Å²) in [5.74, 6) is 0.517. The van der Waals surface area contributed by atoms with Crippen LogP contribution in [0.25, 0.3) is 0 Å². The molecule has 0 aliphatic heterocycles. The second-order valence-corrected chi connectivity index (χ2v) is 11.9. The molecule has 2 aromatic carbocycles. The summed E-state index contributed by atoms with van der Waals surface area (Å²) in [6.45, 7) is 9.18. The highest BCUT2D eigenvalue weighted by molar-refractivity contribution is 7.92. The van der Waals surface area contributed by atoms with Crippen molar-refractivity contribution in [1.82, 2.24) is 10.2 Å². The highest BCUT2D eigenvalue weighted by Gasteiger charge is 2.29. The Hall–Kier alpha value is -2.78. The Morgan fingerprint density at radius 2 is 1.66 bits per heavy atom. The zero-order valence-electron chi connectivity index (χ0n) is 22.9. The number of anilines is 1. The maximum Gasteiger partial charge on any atom is 0.242 e. The number of benzene rings is 2. The lowest BCUT2D eigenvalue weighted by atomic mass is 10.1. The standard InChI is InChI=1S/C28H40ClN3O5S/c1-6-26(28(34)30-19-21(3)4)31(20-22-10-12-23(29)13-11-22)27(33)9-8-18-32(38(5,35)36)24-14-16-25(17-15-24)37-7-2/h10-17,21,26H,6-9,18-20H2,1-5H3,(H,30,34). The summed E-state index contributed by atoms with van der Waals surface area (Å²) < 4.78 is 31.8. The molecule has 0 saturated heterocycles. The van der Waals surface area contributed by atoms with Crippen LogP contribution in [0, 0.1) is 5.92 Å². The van der Waals surface area contributed by atoms with E-state index >= 15 is 0 Å². The molecule has 0 radical (unpaired) electrons. The second kappa shape index (κ2) is 15.0. The van der Waals surface area contributed by atoms with Crippen molar-refractivity contribution in [2.24, 2.45) is 5.92 Å². The number of amides is 2. The molecule has 38 heavy (non-hydrogen) atoms. The lowest BCUT2D eigenvalue weighted by molar-refractivity contribution is -0.141. The Morgan fingerprint density at radius 3 is 2.18 bits per heavy atom. The number of hydrogen-bond acceptors (Lipinski definition) is 5. The zero-order chi connectivity index (χ0) is 28.3. The van der Waals surface area contributed by atoms with Gasteiger partial charge >= 0.3 is 0 Å². The number of hydrogen-bond donors (Lipinski definition) is 1. The van der Waals surface area contributed by atoms with Gasteiger partial charge in [-0.2, -0.15) is 0 Å². The maximum absolute atomic E-state index is 13.5. The fourth-order valence-corrected chi connectivity index (χ4v) is 5.10. The van der Waals surface area contributed by atoms with Crippen molar-refractivity contribution in [3.05, 3.63) is 59.1 Å². The highest BCUT2D eigenvalue weighted by Crippen LogP contribution is 2.23. The van der Waals surface area contributed by atoms with E-state index in [1.807, 2.05) is 39.8 Å². The van der Waals surface area contributed by atoms with Gasteiger partial charge in [0.2, 0.25) is 21.8 Å². The molecule has 8 nitrogen and oxygen atoms in total. The summed E-state index contributed by atoms with van der Waals surface area (Å²) >= 11 is 6.03. The van der Waals surface area contributed by atoms with E-state index in [1.54, 1.807) is 41.3 Å². The van der Waals surface area contributed by atoms with Crippen molar-refractivity contribution < 1.29 is 22.7 Å². The first-order chi connectivity index (χ1) is 18.0. The van der Waals surface area contributed by atoms with Gasteiger partial charge in [-0.25, -0.2) is 8.42 Å². The molecule has 1 N–H and O–H groups in total. The smallest absolute Gasteiger partial charge is 0.242 e. The van der Waals surface area contributed by atoms with Crippen LogP contribution >= 0.6 is 11.6 Å². The monoisotopic (exact) mass is 565 g/mol. The van der Waals surface area contributed by atoms with E-state index in [0.29, 0.717) is 42.5 Å². The fourth-order valence-electron chi connectivity index (χ4n) is 4.01. The molecular weight excluding hydrogens is 526 g/mol. The summed E-state index contributed by atoms with van der Waals surface area (Å²) in [7, 11) is -3.57. The first kappa shape index (κ1) is 31.4. The van der Waals surface area contributed by atoms with Gasteiger partial charge in [-0.05, 0) is 67.6 Å². The SMILES string of the molecule is CCOc1ccc(N(CCCC(=O)N(Cc2ccc(Cl)cc2)C(CC)C(=O)NCC(C)C)S(C)(=O)=O)cc1. The quantitative estimate of drug-likeness (QED) is 0.332. The highest BCUT2D eigenvalue weighted by atomic mass is 35.5. The molecule has 0 bridgehead atoms. The van der Waals surface area contributed by atoms with Crippen LogP contribution in [0.1, 0.15) is 52.5 Å². The number of sulfonamides is 1. The van der Waals surface area contributed by atoms with Gasteiger partial charge in [-0.3, -0.25) is 13.9 Å². The van der Waals surface area contributed by atoms with Crippen molar-refractivity contribution in [1.29, 1.82) is 0 Å². The molecule has 210 valence electrons. The summed E-state index contributed by atoms with van der Waals surface area (Å²) in [5, 5.41) is 3.53. The zero-order valence-corrected chi connectivity index (χ0v) is 24.5. The third-order valence-corrected chi connectivity index (χ3v) is 7.37. The molecule has 0 aliphatic carbocycles. The van der Waals surface area contributed by atoms with Gasteiger partial charge in [0.1, 0.15) is 11.8 Å².